The van der Waals surface area contributed by atoms with Crippen molar-refractivity contribution in [3.63, 3.8) is 0 Å². The molecule has 2 nitrogen and oxygen atoms in total. The molecule has 4 heteroatoms. The van der Waals surface area contributed by atoms with Gasteiger partial charge in [0.2, 0.25) is 0 Å². The van der Waals surface area contributed by atoms with E-state index in [0.717, 1.165) is 11.3 Å². The summed E-state index contributed by atoms with van der Waals surface area (Å²) >= 11 is 8.13. The van der Waals surface area contributed by atoms with Crippen molar-refractivity contribution in [1.29, 1.82) is 0 Å². The Kier molecular flexibility index (Phi) is 4.12. The van der Waals surface area contributed by atoms with Crippen molar-refractivity contribution in [2.75, 3.05) is 5.32 Å². The fourth-order valence-corrected chi connectivity index (χ4v) is 2.24. The molecule has 0 amide bonds. The number of hydrogen-bond donors (Lipinski definition) is 2. The molecule has 0 aromatic heterocycles. The minimum Gasteiger partial charge on any atom is -0.506 e. The molecule has 0 radical (unpaired) electrons. The predicted octanol–water partition coefficient (Wildman–Crippen LogP) is 4.26. The summed E-state index contributed by atoms with van der Waals surface area (Å²) in [4.78, 5) is 0. The topological polar surface area (TPSA) is 32.3 Å². The molecule has 0 unspecified atom stereocenters. The summed E-state index contributed by atoms with van der Waals surface area (Å²) in [6.45, 7) is 0.681. The lowest BCUT2D eigenvalue weighted by atomic mass is 10.2. The molecule has 0 bridgehead atoms. The molecule has 0 aliphatic heterocycles. The van der Waals surface area contributed by atoms with Gasteiger partial charge in [0.05, 0.1) is 5.02 Å². The highest BCUT2D eigenvalue weighted by Gasteiger charge is 2.01. The van der Waals surface area contributed by atoms with Gasteiger partial charge in [-0.3, -0.25) is 0 Å². The van der Waals surface area contributed by atoms with E-state index in [9.17, 15) is 5.11 Å². The quantitative estimate of drug-likeness (QED) is 0.803. The van der Waals surface area contributed by atoms with Gasteiger partial charge in [0.15, 0.2) is 0 Å². The van der Waals surface area contributed by atoms with Crippen molar-refractivity contribution >= 4 is 39.9 Å². The molecule has 2 aromatic rings. The number of benzene rings is 2. The van der Waals surface area contributed by atoms with Gasteiger partial charge in [0.1, 0.15) is 5.75 Å². The van der Waals surface area contributed by atoms with Gasteiger partial charge in [-0.2, -0.15) is 0 Å². The number of aromatic hydroxyl groups is 1. The third-order valence-electron chi connectivity index (χ3n) is 2.37. The van der Waals surface area contributed by atoms with Crippen LogP contribution in [0.25, 0.3) is 0 Å². The highest BCUT2D eigenvalue weighted by molar-refractivity contribution is 14.1. The van der Waals surface area contributed by atoms with E-state index in [0.29, 0.717) is 11.6 Å². The normalized spacial score (nSPS) is 10.2. The Hall–Kier alpha value is -0.940. The van der Waals surface area contributed by atoms with Crippen LogP contribution in [0.1, 0.15) is 5.56 Å². The SMILES string of the molecule is Oc1ccc(CNc2ccccc2I)cc1Cl. The number of phenolic OH excluding ortho intramolecular Hbond substituents is 1. The van der Waals surface area contributed by atoms with Gasteiger partial charge in [0, 0.05) is 15.8 Å². The molecule has 0 fully saturated rings. The predicted molar refractivity (Wildman–Crippen MR) is 79.6 cm³/mol. The molecule has 0 spiro atoms. The zero-order chi connectivity index (χ0) is 12.3. The molecule has 0 saturated heterocycles. The summed E-state index contributed by atoms with van der Waals surface area (Å²) < 4.78 is 1.18. The lowest BCUT2D eigenvalue weighted by Gasteiger charge is -2.09. The Morgan fingerprint density at radius 2 is 1.94 bits per heavy atom. The van der Waals surface area contributed by atoms with Gasteiger partial charge in [-0.1, -0.05) is 29.8 Å². The van der Waals surface area contributed by atoms with E-state index in [4.69, 9.17) is 11.6 Å². The fraction of sp³-hybridized carbons (Fsp3) is 0.0769. The summed E-state index contributed by atoms with van der Waals surface area (Å²) in [7, 11) is 0. The maximum absolute atomic E-state index is 9.32. The molecule has 0 atom stereocenters. The minimum atomic E-state index is 0.115. The Morgan fingerprint density at radius 3 is 2.65 bits per heavy atom. The zero-order valence-corrected chi connectivity index (χ0v) is 11.9. The molecule has 17 heavy (non-hydrogen) atoms. The third-order valence-corrected chi connectivity index (χ3v) is 3.61. The molecule has 0 heterocycles. The van der Waals surface area contributed by atoms with E-state index >= 15 is 0 Å². The summed E-state index contributed by atoms with van der Waals surface area (Å²) in [5, 5.41) is 13.0. The highest BCUT2D eigenvalue weighted by Crippen LogP contribution is 2.24. The highest BCUT2D eigenvalue weighted by atomic mass is 127. The van der Waals surface area contributed by atoms with Crippen LogP contribution >= 0.6 is 34.2 Å². The molecule has 88 valence electrons. The van der Waals surface area contributed by atoms with Gasteiger partial charge in [-0.15, -0.1) is 0 Å². The van der Waals surface area contributed by atoms with Crippen molar-refractivity contribution in [3.8, 4) is 5.75 Å². The Morgan fingerprint density at radius 1 is 1.18 bits per heavy atom. The largest absolute Gasteiger partial charge is 0.506 e. The van der Waals surface area contributed by atoms with Crippen LogP contribution in [0.3, 0.4) is 0 Å². The monoisotopic (exact) mass is 359 g/mol. The second-order valence-electron chi connectivity index (χ2n) is 3.62. The number of phenols is 1. The first-order valence-corrected chi connectivity index (χ1v) is 6.58. The van der Waals surface area contributed by atoms with E-state index in [1.165, 1.54) is 3.57 Å². The van der Waals surface area contributed by atoms with Crippen molar-refractivity contribution in [2.24, 2.45) is 0 Å². The lowest BCUT2D eigenvalue weighted by Crippen LogP contribution is -2.00. The van der Waals surface area contributed by atoms with E-state index < -0.39 is 0 Å². The second kappa shape index (κ2) is 5.60. The summed E-state index contributed by atoms with van der Waals surface area (Å²) in [5.41, 5.74) is 2.13. The maximum Gasteiger partial charge on any atom is 0.134 e. The summed E-state index contributed by atoms with van der Waals surface area (Å²) in [6.07, 6.45) is 0. The van der Waals surface area contributed by atoms with Crippen LogP contribution < -0.4 is 5.32 Å². The van der Waals surface area contributed by atoms with Gasteiger partial charge in [0.25, 0.3) is 0 Å². The average Bonchev–Trinajstić information content (AvgIpc) is 2.32. The number of hydrogen-bond acceptors (Lipinski definition) is 2. The fourth-order valence-electron chi connectivity index (χ4n) is 1.46. The zero-order valence-electron chi connectivity index (χ0n) is 8.95. The van der Waals surface area contributed by atoms with Crippen molar-refractivity contribution < 1.29 is 5.11 Å². The Labute approximate surface area is 119 Å². The first-order valence-electron chi connectivity index (χ1n) is 5.12. The van der Waals surface area contributed by atoms with Crippen LogP contribution in [0.15, 0.2) is 42.5 Å². The molecular weight excluding hydrogens is 349 g/mol. The smallest absolute Gasteiger partial charge is 0.134 e. The molecule has 2 rings (SSSR count). The molecule has 0 saturated carbocycles. The van der Waals surface area contributed by atoms with Crippen LogP contribution in [0.2, 0.25) is 5.02 Å². The third kappa shape index (κ3) is 3.26. The van der Waals surface area contributed by atoms with Crippen LogP contribution in [-0.4, -0.2) is 5.11 Å². The molecule has 0 aliphatic carbocycles. The van der Waals surface area contributed by atoms with E-state index in [2.05, 4.69) is 27.9 Å². The van der Waals surface area contributed by atoms with Gasteiger partial charge in [-0.25, -0.2) is 0 Å². The maximum atomic E-state index is 9.32. The molecule has 2 aromatic carbocycles. The van der Waals surface area contributed by atoms with Crippen molar-refractivity contribution in [1.82, 2.24) is 0 Å². The van der Waals surface area contributed by atoms with Crippen molar-refractivity contribution in [3.05, 3.63) is 56.6 Å². The van der Waals surface area contributed by atoms with Crippen molar-refractivity contribution in [2.45, 2.75) is 6.54 Å². The number of halogens is 2. The van der Waals surface area contributed by atoms with Gasteiger partial charge in [-0.05, 0) is 52.4 Å². The number of para-hydroxylation sites is 1. The minimum absolute atomic E-state index is 0.115. The van der Waals surface area contributed by atoms with Gasteiger partial charge >= 0.3 is 0 Å². The summed E-state index contributed by atoms with van der Waals surface area (Å²) in [5.74, 6) is 0.115. The molecule has 2 N–H and O–H groups in total. The van der Waals surface area contributed by atoms with E-state index in [-0.39, 0.29) is 5.75 Å². The van der Waals surface area contributed by atoms with Gasteiger partial charge < -0.3 is 10.4 Å². The standard InChI is InChI=1S/C13H11ClINO/c14-10-7-9(5-6-13(10)17)8-16-12-4-2-1-3-11(12)15/h1-7,16-17H,8H2. The lowest BCUT2D eigenvalue weighted by molar-refractivity contribution is 0.475. The summed E-state index contributed by atoms with van der Waals surface area (Å²) in [6, 6.07) is 13.3. The average molecular weight is 360 g/mol. The number of rotatable bonds is 3. The molecule has 0 aliphatic rings. The van der Waals surface area contributed by atoms with Crippen LogP contribution in [0.5, 0.6) is 5.75 Å². The van der Waals surface area contributed by atoms with E-state index in [1.54, 1.807) is 12.1 Å². The van der Waals surface area contributed by atoms with Crippen LogP contribution in [-0.2, 0) is 6.54 Å². The Balaban J connectivity index is 2.08. The first kappa shape index (κ1) is 12.5. The van der Waals surface area contributed by atoms with Crippen LogP contribution in [0.4, 0.5) is 5.69 Å². The number of anilines is 1. The molecular formula is C13H11ClINO. The Bertz CT molecular complexity index is 531. The first-order chi connectivity index (χ1) is 8.16. The number of nitrogens with one attached hydrogen (secondary N) is 1. The van der Waals surface area contributed by atoms with Crippen LogP contribution in [0, 0.1) is 3.57 Å². The second-order valence-corrected chi connectivity index (χ2v) is 5.19. The van der Waals surface area contributed by atoms with E-state index in [1.807, 2.05) is 30.3 Å².